The Hall–Kier alpha value is -2.16. The summed E-state index contributed by atoms with van der Waals surface area (Å²) in [6, 6.07) is 3.63. The van der Waals surface area contributed by atoms with Crippen LogP contribution >= 0.6 is 0 Å². The van der Waals surface area contributed by atoms with E-state index >= 15 is 0 Å². The first-order valence-corrected chi connectivity index (χ1v) is 2.92. The number of nitrogens with zero attached hydrogens (tertiary/aromatic N) is 2. The van der Waals surface area contributed by atoms with E-state index in [2.05, 4.69) is 0 Å². The van der Waals surface area contributed by atoms with Crippen LogP contribution in [0.25, 0.3) is 0 Å². The largest absolute Gasteiger partial charge is 0.358 e. The Morgan fingerprint density at radius 1 is 1.58 bits per heavy atom. The molecule has 0 aliphatic heterocycles. The molecule has 1 heterocycles. The number of rotatable bonds is 1. The number of hydrogen-bond acceptors (Lipinski definition) is 4. The fourth-order valence-corrected chi connectivity index (χ4v) is 0.691. The zero-order valence-electron chi connectivity index (χ0n) is 5.77. The lowest BCUT2D eigenvalue weighted by Crippen LogP contribution is -2.07. The van der Waals surface area contributed by atoms with Crippen molar-refractivity contribution in [3.05, 3.63) is 38.2 Å². The van der Waals surface area contributed by atoms with E-state index in [1.54, 1.807) is 6.07 Å². The molecular weight excluding hydrogens is 162 g/mol. The van der Waals surface area contributed by atoms with Crippen LogP contribution in [0.15, 0.2) is 16.9 Å². The highest BCUT2D eigenvalue weighted by Crippen LogP contribution is 2.04. The fourth-order valence-electron chi connectivity index (χ4n) is 0.691. The van der Waals surface area contributed by atoms with Crippen molar-refractivity contribution in [3.8, 4) is 6.07 Å². The smallest absolute Gasteiger partial charge is 0.333 e. The topological polar surface area (TPSA) is 99.8 Å². The minimum Gasteiger partial charge on any atom is -0.358 e. The van der Waals surface area contributed by atoms with Gasteiger partial charge < -0.3 is 10.1 Å². The molecule has 1 aromatic rings. The quantitative estimate of drug-likeness (QED) is 0.472. The van der Waals surface area contributed by atoms with Gasteiger partial charge in [0.05, 0.1) is 11.6 Å². The molecule has 0 fully saturated rings. The molecule has 0 aromatic carbocycles. The monoisotopic (exact) mass is 165 g/mol. The summed E-state index contributed by atoms with van der Waals surface area (Å²) in [6.45, 7) is 0. The van der Waals surface area contributed by atoms with E-state index in [-0.39, 0.29) is 5.56 Å². The molecule has 1 aromatic heterocycles. The summed E-state index contributed by atoms with van der Waals surface area (Å²) in [4.78, 5) is 22.0. The van der Waals surface area contributed by atoms with Crippen LogP contribution < -0.4 is 5.56 Å². The Labute approximate surface area is 66.2 Å². The van der Waals surface area contributed by atoms with Crippen molar-refractivity contribution >= 4 is 5.82 Å². The number of nitro groups is 1. The first-order valence-electron chi connectivity index (χ1n) is 2.92. The van der Waals surface area contributed by atoms with E-state index in [1.165, 1.54) is 0 Å². The van der Waals surface area contributed by atoms with Crippen molar-refractivity contribution in [2.24, 2.45) is 0 Å². The Kier molecular flexibility index (Phi) is 1.88. The Morgan fingerprint density at radius 2 is 2.25 bits per heavy atom. The molecule has 1 rings (SSSR count). The van der Waals surface area contributed by atoms with Crippen LogP contribution in [0.1, 0.15) is 5.56 Å². The fraction of sp³-hybridized carbons (Fsp3) is 0. The summed E-state index contributed by atoms with van der Waals surface area (Å²) in [5.74, 6) is -0.473. The van der Waals surface area contributed by atoms with Crippen LogP contribution in [0.2, 0.25) is 0 Å². The molecule has 0 spiro atoms. The van der Waals surface area contributed by atoms with Crippen molar-refractivity contribution in [1.82, 2.24) is 4.98 Å². The molecule has 0 saturated heterocycles. The lowest BCUT2D eigenvalue weighted by molar-refractivity contribution is -0.389. The Balaban J connectivity index is 3.36. The number of nitriles is 1. The Morgan fingerprint density at radius 3 is 2.75 bits per heavy atom. The van der Waals surface area contributed by atoms with Crippen molar-refractivity contribution in [2.75, 3.05) is 0 Å². The summed E-state index contributed by atoms with van der Waals surface area (Å²) in [5, 5.41) is 18.5. The molecule has 60 valence electrons. The second-order valence-corrected chi connectivity index (χ2v) is 1.99. The number of nitrogens with one attached hydrogen (secondary N) is 1. The van der Waals surface area contributed by atoms with Gasteiger partial charge >= 0.3 is 11.4 Å². The maximum Gasteiger partial charge on any atom is 0.333 e. The van der Waals surface area contributed by atoms with Crippen LogP contribution in [-0.2, 0) is 0 Å². The molecule has 0 amide bonds. The van der Waals surface area contributed by atoms with Crippen LogP contribution in [-0.4, -0.2) is 9.91 Å². The van der Waals surface area contributed by atoms with Crippen molar-refractivity contribution in [1.29, 1.82) is 5.26 Å². The predicted molar refractivity (Wildman–Crippen MR) is 38.4 cm³/mol. The van der Waals surface area contributed by atoms with Crippen molar-refractivity contribution < 1.29 is 4.92 Å². The van der Waals surface area contributed by atoms with Gasteiger partial charge in [-0.3, -0.25) is 0 Å². The highest BCUT2D eigenvalue weighted by Gasteiger charge is 2.06. The molecule has 6 heteroatoms. The van der Waals surface area contributed by atoms with E-state index < -0.39 is 16.3 Å². The number of H-pyrrole nitrogens is 1. The average Bonchev–Trinajstić information content (AvgIpc) is 2.03. The summed E-state index contributed by atoms with van der Waals surface area (Å²) in [5.41, 5.74) is -0.675. The number of aromatic nitrogens is 1. The van der Waals surface area contributed by atoms with Gasteiger partial charge in [-0.15, -0.1) is 0 Å². The molecule has 0 saturated carbocycles. The average molecular weight is 165 g/mol. The molecule has 0 aliphatic rings. The predicted octanol–water partition coefficient (Wildman–Crippen LogP) is 0.155. The van der Waals surface area contributed by atoms with Gasteiger partial charge in [0.1, 0.15) is 0 Å². The second kappa shape index (κ2) is 2.84. The Bertz CT molecular complexity index is 415. The first kappa shape index (κ1) is 7.94. The summed E-state index contributed by atoms with van der Waals surface area (Å²) in [6.07, 6.45) is 0. The van der Waals surface area contributed by atoms with E-state index in [4.69, 9.17) is 5.26 Å². The van der Waals surface area contributed by atoms with Gasteiger partial charge in [-0.25, -0.2) is 9.78 Å². The zero-order chi connectivity index (χ0) is 9.14. The van der Waals surface area contributed by atoms with Gasteiger partial charge in [-0.1, -0.05) is 0 Å². The van der Waals surface area contributed by atoms with E-state index in [1.807, 2.05) is 4.98 Å². The molecule has 0 unspecified atom stereocenters. The summed E-state index contributed by atoms with van der Waals surface area (Å²) >= 11 is 0. The molecule has 12 heavy (non-hydrogen) atoms. The summed E-state index contributed by atoms with van der Waals surface area (Å²) < 4.78 is 0. The third-order valence-corrected chi connectivity index (χ3v) is 1.16. The highest BCUT2D eigenvalue weighted by atomic mass is 16.6. The van der Waals surface area contributed by atoms with Crippen LogP contribution in [0.3, 0.4) is 0 Å². The van der Waals surface area contributed by atoms with Gasteiger partial charge in [-0.05, 0) is 4.92 Å². The number of aromatic amines is 1. The lowest BCUT2D eigenvalue weighted by atomic mass is 10.3. The summed E-state index contributed by atoms with van der Waals surface area (Å²) in [7, 11) is 0. The molecule has 0 radical (unpaired) electrons. The molecule has 0 aliphatic carbocycles. The third-order valence-electron chi connectivity index (χ3n) is 1.16. The highest BCUT2D eigenvalue weighted by molar-refractivity contribution is 5.34. The van der Waals surface area contributed by atoms with Crippen molar-refractivity contribution in [2.45, 2.75) is 0 Å². The van der Waals surface area contributed by atoms with Crippen LogP contribution in [0.4, 0.5) is 5.82 Å². The number of pyridine rings is 1. The van der Waals surface area contributed by atoms with Gasteiger partial charge in [-0.2, -0.15) is 5.26 Å². The standard InChI is InChI=1S/C6H3N3O3/c7-3-4-1-5(9(11)12)8-6(10)2-4/h1-2H,(H,8,10). The molecule has 0 atom stereocenters. The maximum absolute atomic E-state index is 10.7. The van der Waals surface area contributed by atoms with Crippen LogP contribution in [0, 0.1) is 21.4 Å². The van der Waals surface area contributed by atoms with Gasteiger partial charge in [0.25, 0.3) is 0 Å². The lowest BCUT2D eigenvalue weighted by Gasteiger charge is -1.91. The zero-order valence-corrected chi connectivity index (χ0v) is 5.77. The molecular formula is C6H3N3O3. The SMILES string of the molecule is N#Cc1cc([N+](=O)[O-])[nH]c(=O)c1. The third kappa shape index (κ3) is 1.46. The molecule has 6 nitrogen and oxygen atoms in total. The molecule has 0 bridgehead atoms. The van der Waals surface area contributed by atoms with E-state index in [9.17, 15) is 14.9 Å². The number of hydrogen-bond donors (Lipinski definition) is 1. The minimum absolute atomic E-state index is 0.0227. The van der Waals surface area contributed by atoms with Gasteiger partial charge in [0, 0.05) is 12.1 Å². The van der Waals surface area contributed by atoms with Crippen LogP contribution in [0.5, 0.6) is 0 Å². The maximum atomic E-state index is 10.7. The normalized spacial score (nSPS) is 8.92. The molecule has 1 N–H and O–H groups in total. The second-order valence-electron chi connectivity index (χ2n) is 1.99. The first-order chi connectivity index (χ1) is 5.63. The van der Waals surface area contributed by atoms with E-state index in [0.717, 1.165) is 12.1 Å². The van der Waals surface area contributed by atoms with Gasteiger partial charge in [0.2, 0.25) is 0 Å². The van der Waals surface area contributed by atoms with Gasteiger partial charge in [0.15, 0.2) is 0 Å². The van der Waals surface area contributed by atoms with E-state index in [0.29, 0.717) is 0 Å². The van der Waals surface area contributed by atoms with Crippen molar-refractivity contribution in [3.63, 3.8) is 0 Å². The minimum atomic E-state index is -0.762.